The highest BCUT2D eigenvalue weighted by atomic mass is 35.5. The molecule has 0 aliphatic carbocycles. The van der Waals surface area contributed by atoms with E-state index in [1.807, 2.05) is 0 Å². The number of carbonyl (C=O) groups excluding carboxylic acids is 1. The second-order valence-corrected chi connectivity index (χ2v) is 4.64. The molecule has 0 aliphatic heterocycles. The summed E-state index contributed by atoms with van der Waals surface area (Å²) in [5.41, 5.74) is 0. The van der Waals surface area contributed by atoms with Gasteiger partial charge in [-0.1, -0.05) is 0 Å². The number of hydrogen-bond acceptors (Lipinski definition) is 3. The SMILES string of the molecule is COc1ccsc1C(=O)N(CCCl)CC(F)(F)F. The van der Waals surface area contributed by atoms with Gasteiger partial charge in [0.25, 0.3) is 5.91 Å². The Morgan fingerprint density at radius 3 is 2.72 bits per heavy atom. The lowest BCUT2D eigenvalue weighted by Crippen LogP contribution is -2.40. The molecule has 0 aliphatic rings. The van der Waals surface area contributed by atoms with Crippen molar-refractivity contribution in [2.75, 3.05) is 26.1 Å². The summed E-state index contributed by atoms with van der Waals surface area (Å²) in [5.74, 6) is -0.512. The van der Waals surface area contributed by atoms with Gasteiger partial charge in [0.05, 0.1) is 7.11 Å². The van der Waals surface area contributed by atoms with Crippen LogP contribution in [0.5, 0.6) is 5.75 Å². The quantitative estimate of drug-likeness (QED) is 0.783. The molecule has 1 amide bonds. The Labute approximate surface area is 111 Å². The number of thiophene rings is 1. The van der Waals surface area contributed by atoms with E-state index in [9.17, 15) is 18.0 Å². The average Bonchev–Trinajstić information content (AvgIpc) is 2.73. The summed E-state index contributed by atoms with van der Waals surface area (Å²) < 4.78 is 42.0. The first-order chi connectivity index (χ1) is 8.39. The zero-order valence-electron chi connectivity index (χ0n) is 9.46. The molecule has 0 aromatic carbocycles. The smallest absolute Gasteiger partial charge is 0.406 e. The Morgan fingerprint density at radius 1 is 1.56 bits per heavy atom. The van der Waals surface area contributed by atoms with Crippen molar-refractivity contribution in [3.63, 3.8) is 0 Å². The summed E-state index contributed by atoms with van der Waals surface area (Å²) >= 11 is 6.45. The molecule has 0 bridgehead atoms. The van der Waals surface area contributed by atoms with Crippen LogP contribution >= 0.6 is 22.9 Å². The number of methoxy groups -OCH3 is 1. The van der Waals surface area contributed by atoms with Gasteiger partial charge in [-0.25, -0.2) is 0 Å². The van der Waals surface area contributed by atoms with E-state index < -0.39 is 18.6 Å². The number of amides is 1. The molecular formula is C10H11ClF3NO2S. The number of carbonyl (C=O) groups is 1. The minimum Gasteiger partial charge on any atom is -0.495 e. The first kappa shape index (κ1) is 15.1. The van der Waals surface area contributed by atoms with E-state index >= 15 is 0 Å². The van der Waals surface area contributed by atoms with Crippen LogP contribution in [0.2, 0.25) is 0 Å². The van der Waals surface area contributed by atoms with Gasteiger partial charge in [-0.15, -0.1) is 22.9 Å². The van der Waals surface area contributed by atoms with Gasteiger partial charge in [-0.05, 0) is 11.4 Å². The van der Waals surface area contributed by atoms with Crippen LogP contribution in [-0.2, 0) is 0 Å². The molecule has 102 valence electrons. The first-order valence-corrected chi connectivity index (χ1v) is 6.34. The molecule has 18 heavy (non-hydrogen) atoms. The Hall–Kier alpha value is -0.950. The van der Waals surface area contributed by atoms with E-state index in [0.717, 1.165) is 11.3 Å². The maximum absolute atomic E-state index is 12.3. The summed E-state index contributed by atoms with van der Waals surface area (Å²) in [7, 11) is 1.36. The van der Waals surface area contributed by atoms with E-state index in [1.54, 1.807) is 5.38 Å². The van der Waals surface area contributed by atoms with Crippen molar-refractivity contribution in [2.24, 2.45) is 0 Å². The summed E-state index contributed by atoms with van der Waals surface area (Å²) in [4.78, 5) is 12.8. The molecule has 1 aromatic heterocycles. The lowest BCUT2D eigenvalue weighted by atomic mass is 10.3. The summed E-state index contributed by atoms with van der Waals surface area (Å²) in [6.07, 6.45) is -4.45. The molecule has 1 heterocycles. The molecule has 0 atom stereocenters. The van der Waals surface area contributed by atoms with Crippen molar-refractivity contribution in [3.8, 4) is 5.75 Å². The van der Waals surface area contributed by atoms with Crippen LogP contribution in [-0.4, -0.2) is 43.1 Å². The van der Waals surface area contributed by atoms with Crippen molar-refractivity contribution in [3.05, 3.63) is 16.3 Å². The number of nitrogens with zero attached hydrogens (tertiary/aromatic N) is 1. The third kappa shape index (κ3) is 4.06. The zero-order valence-corrected chi connectivity index (χ0v) is 11.0. The predicted octanol–water partition coefficient (Wildman–Crippen LogP) is 3.00. The number of alkyl halides is 4. The van der Waals surface area contributed by atoms with E-state index in [4.69, 9.17) is 16.3 Å². The van der Waals surface area contributed by atoms with E-state index in [0.29, 0.717) is 4.90 Å². The number of ether oxygens (including phenoxy) is 1. The lowest BCUT2D eigenvalue weighted by molar-refractivity contribution is -0.140. The van der Waals surface area contributed by atoms with Crippen LogP contribution in [0.15, 0.2) is 11.4 Å². The Morgan fingerprint density at radius 2 is 2.22 bits per heavy atom. The standard InChI is InChI=1S/C10H11ClF3NO2S/c1-17-7-2-5-18-8(7)9(16)15(4-3-11)6-10(12,13)14/h2,5H,3-4,6H2,1H3. The number of rotatable bonds is 5. The number of hydrogen-bond donors (Lipinski definition) is 0. The van der Waals surface area contributed by atoms with E-state index in [1.165, 1.54) is 13.2 Å². The molecular weight excluding hydrogens is 291 g/mol. The monoisotopic (exact) mass is 301 g/mol. The average molecular weight is 302 g/mol. The third-order valence-corrected chi connectivity index (χ3v) is 3.11. The van der Waals surface area contributed by atoms with Crippen LogP contribution in [0.1, 0.15) is 9.67 Å². The maximum Gasteiger partial charge on any atom is 0.406 e. The zero-order chi connectivity index (χ0) is 13.8. The fourth-order valence-corrected chi connectivity index (χ4v) is 2.36. The second kappa shape index (κ2) is 6.29. The fourth-order valence-electron chi connectivity index (χ4n) is 1.33. The fraction of sp³-hybridized carbons (Fsp3) is 0.500. The van der Waals surface area contributed by atoms with Gasteiger partial charge in [-0.2, -0.15) is 13.2 Å². The molecule has 1 rings (SSSR count). The van der Waals surface area contributed by atoms with Gasteiger partial charge >= 0.3 is 6.18 Å². The van der Waals surface area contributed by atoms with Crippen molar-refractivity contribution in [2.45, 2.75) is 6.18 Å². The highest BCUT2D eigenvalue weighted by Crippen LogP contribution is 2.27. The molecule has 8 heteroatoms. The van der Waals surface area contributed by atoms with Crippen molar-refractivity contribution < 1.29 is 22.7 Å². The summed E-state index contributed by atoms with van der Waals surface area (Å²) in [6.45, 7) is -1.49. The van der Waals surface area contributed by atoms with Gasteiger partial charge in [0.15, 0.2) is 0 Å². The predicted molar refractivity (Wildman–Crippen MR) is 63.5 cm³/mol. The number of halogens is 4. The third-order valence-electron chi connectivity index (χ3n) is 2.06. The lowest BCUT2D eigenvalue weighted by Gasteiger charge is -2.22. The largest absolute Gasteiger partial charge is 0.495 e. The van der Waals surface area contributed by atoms with Crippen LogP contribution in [0, 0.1) is 0 Å². The highest BCUT2D eigenvalue weighted by molar-refractivity contribution is 7.12. The minimum atomic E-state index is -4.45. The topological polar surface area (TPSA) is 29.5 Å². The molecule has 0 saturated carbocycles. The molecule has 3 nitrogen and oxygen atoms in total. The van der Waals surface area contributed by atoms with Crippen LogP contribution in [0.4, 0.5) is 13.2 Å². The van der Waals surface area contributed by atoms with Gasteiger partial charge in [0.2, 0.25) is 0 Å². The molecule has 0 radical (unpaired) electrons. The van der Waals surface area contributed by atoms with Crippen molar-refractivity contribution in [1.29, 1.82) is 0 Å². The summed E-state index contributed by atoms with van der Waals surface area (Å²) in [5, 5.41) is 1.58. The molecule has 0 unspecified atom stereocenters. The molecule has 1 aromatic rings. The van der Waals surface area contributed by atoms with Crippen LogP contribution in [0.3, 0.4) is 0 Å². The van der Waals surface area contributed by atoms with Gasteiger partial charge in [0.1, 0.15) is 17.2 Å². The normalized spacial score (nSPS) is 11.4. The van der Waals surface area contributed by atoms with Gasteiger partial charge < -0.3 is 9.64 Å². The van der Waals surface area contributed by atoms with Crippen LogP contribution < -0.4 is 4.74 Å². The molecule has 0 spiro atoms. The molecule has 0 saturated heterocycles. The Balaban J connectivity index is 2.89. The highest BCUT2D eigenvalue weighted by Gasteiger charge is 2.34. The first-order valence-electron chi connectivity index (χ1n) is 4.92. The van der Waals surface area contributed by atoms with Gasteiger partial charge in [0, 0.05) is 12.4 Å². The Bertz CT molecular complexity index is 408. The van der Waals surface area contributed by atoms with Crippen molar-refractivity contribution >= 4 is 28.8 Å². The van der Waals surface area contributed by atoms with E-state index in [2.05, 4.69) is 0 Å². The minimum absolute atomic E-state index is 0.0600. The summed E-state index contributed by atoms with van der Waals surface area (Å²) in [6, 6.07) is 1.53. The molecule has 0 N–H and O–H groups in total. The Kier molecular flexibility index (Phi) is 5.28. The second-order valence-electron chi connectivity index (χ2n) is 3.35. The molecule has 0 fully saturated rings. The maximum atomic E-state index is 12.3. The van der Waals surface area contributed by atoms with E-state index in [-0.39, 0.29) is 23.1 Å². The van der Waals surface area contributed by atoms with Crippen molar-refractivity contribution in [1.82, 2.24) is 4.90 Å². The van der Waals surface area contributed by atoms with Crippen LogP contribution in [0.25, 0.3) is 0 Å². The van der Waals surface area contributed by atoms with Gasteiger partial charge in [-0.3, -0.25) is 4.79 Å².